The van der Waals surface area contributed by atoms with Crippen molar-refractivity contribution in [2.75, 3.05) is 14.1 Å². The first kappa shape index (κ1) is 25.7. The summed E-state index contributed by atoms with van der Waals surface area (Å²) in [6.45, 7) is 13.4. The topological polar surface area (TPSA) is 34.1 Å². The third-order valence-corrected chi connectivity index (χ3v) is 7.74. The van der Waals surface area contributed by atoms with Crippen LogP contribution in [0.25, 0.3) is 0 Å². The second-order valence-corrected chi connectivity index (χ2v) is 11.0. The van der Waals surface area contributed by atoms with Crippen molar-refractivity contribution in [3.63, 3.8) is 0 Å². The quantitative estimate of drug-likeness (QED) is 0.160. The molecule has 0 aromatic carbocycles. The van der Waals surface area contributed by atoms with Crippen LogP contribution in [0.15, 0.2) is 5.10 Å². The molecule has 0 bridgehead atoms. The van der Waals surface area contributed by atoms with Gasteiger partial charge in [-0.05, 0) is 64.6 Å². The van der Waals surface area contributed by atoms with Gasteiger partial charge in [0, 0.05) is 19.8 Å². The van der Waals surface area contributed by atoms with Crippen LogP contribution in [0.3, 0.4) is 0 Å². The lowest BCUT2D eigenvalue weighted by Crippen LogP contribution is -2.41. The third kappa shape index (κ3) is 6.98. The van der Waals surface area contributed by atoms with E-state index in [0.29, 0.717) is 17.8 Å². The van der Waals surface area contributed by atoms with Crippen molar-refractivity contribution in [3.8, 4) is 0 Å². The zero-order valence-corrected chi connectivity index (χ0v) is 21.3. The fourth-order valence-electron chi connectivity index (χ4n) is 5.13. The summed E-state index contributed by atoms with van der Waals surface area (Å²) in [5.74, 6) is 1.67. The summed E-state index contributed by atoms with van der Waals surface area (Å²) < 4.78 is 12.8. The van der Waals surface area contributed by atoms with Crippen LogP contribution in [0, 0.1) is 17.8 Å². The lowest BCUT2D eigenvalue weighted by molar-refractivity contribution is 0.00578. The van der Waals surface area contributed by atoms with Crippen LogP contribution in [-0.2, 0) is 9.31 Å². The highest BCUT2D eigenvalue weighted by Crippen LogP contribution is 2.41. The molecule has 0 N–H and O–H groups in total. The van der Waals surface area contributed by atoms with Crippen molar-refractivity contribution < 1.29 is 9.31 Å². The molecule has 0 radical (unpaired) electrons. The van der Waals surface area contributed by atoms with Crippen LogP contribution < -0.4 is 0 Å². The number of hydrogen-bond acceptors (Lipinski definition) is 4. The minimum Gasteiger partial charge on any atom is -0.403 e. The van der Waals surface area contributed by atoms with E-state index in [-0.39, 0.29) is 18.3 Å². The molecule has 2 fully saturated rings. The number of unbranched alkanes of at least 4 members (excludes halogenated alkanes) is 3. The summed E-state index contributed by atoms with van der Waals surface area (Å²) in [5, 5.41) is 7.08. The van der Waals surface area contributed by atoms with Gasteiger partial charge in [0.1, 0.15) is 0 Å². The van der Waals surface area contributed by atoms with Crippen LogP contribution in [0.2, 0.25) is 6.32 Å². The van der Waals surface area contributed by atoms with Crippen molar-refractivity contribution in [1.82, 2.24) is 5.01 Å². The highest BCUT2D eigenvalue weighted by molar-refractivity contribution is 6.45. The molecule has 2 rings (SSSR count). The Morgan fingerprint density at radius 2 is 1.60 bits per heavy atom. The minimum atomic E-state index is -0.252. The molecule has 30 heavy (non-hydrogen) atoms. The van der Waals surface area contributed by atoms with Gasteiger partial charge in [-0.3, -0.25) is 0 Å². The average Bonchev–Trinajstić information content (AvgIpc) is 2.88. The Morgan fingerprint density at radius 3 is 2.13 bits per heavy atom. The predicted octanol–water partition coefficient (Wildman–Crippen LogP) is 6.80. The van der Waals surface area contributed by atoms with Gasteiger partial charge in [0.25, 0.3) is 0 Å². The van der Waals surface area contributed by atoms with E-state index in [9.17, 15) is 0 Å². The standard InChI is InChI=1S/C25H49BN2O2/c1-9-10-11-13-18-22(19-26-29-24(3,4)25(5,6)30-26)20(2)23(27-28(7)8)21-16-14-12-15-17-21/h20-22H,9-19H2,1-8H3/b27-23-/t20-,22-/m1/s1. The Morgan fingerprint density at radius 1 is 1.00 bits per heavy atom. The van der Waals surface area contributed by atoms with Gasteiger partial charge >= 0.3 is 7.12 Å². The van der Waals surface area contributed by atoms with Gasteiger partial charge in [0.05, 0.1) is 11.2 Å². The van der Waals surface area contributed by atoms with Gasteiger partial charge in [-0.25, -0.2) is 0 Å². The molecular weight excluding hydrogens is 371 g/mol. The molecule has 2 aliphatic rings. The van der Waals surface area contributed by atoms with Crippen LogP contribution in [0.4, 0.5) is 0 Å². The second kappa shape index (κ2) is 11.4. The number of hydrazone groups is 1. The first-order valence-electron chi connectivity index (χ1n) is 12.7. The third-order valence-electron chi connectivity index (χ3n) is 7.74. The lowest BCUT2D eigenvalue weighted by Gasteiger charge is -2.33. The molecule has 4 nitrogen and oxygen atoms in total. The molecule has 174 valence electrons. The van der Waals surface area contributed by atoms with Gasteiger partial charge in [-0.2, -0.15) is 5.10 Å². The molecule has 5 heteroatoms. The highest BCUT2D eigenvalue weighted by Gasteiger charge is 2.51. The summed E-state index contributed by atoms with van der Waals surface area (Å²) >= 11 is 0. The fourth-order valence-corrected chi connectivity index (χ4v) is 5.13. The molecule has 0 aromatic rings. The van der Waals surface area contributed by atoms with Crippen LogP contribution in [-0.4, -0.2) is 43.1 Å². The number of hydrogen-bond donors (Lipinski definition) is 0. The maximum Gasteiger partial charge on any atom is 0.458 e. The molecule has 1 heterocycles. The monoisotopic (exact) mass is 420 g/mol. The van der Waals surface area contributed by atoms with Gasteiger partial charge in [0.15, 0.2) is 0 Å². The van der Waals surface area contributed by atoms with Crippen molar-refractivity contribution in [2.45, 2.75) is 123 Å². The van der Waals surface area contributed by atoms with E-state index in [0.717, 1.165) is 6.32 Å². The van der Waals surface area contributed by atoms with Gasteiger partial charge in [-0.15, -0.1) is 0 Å². The summed E-state index contributed by atoms with van der Waals surface area (Å²) in [6, 6.07) is 0. The van der Waals surface area contributed by atoms with Gasteiger partial charge < -0.3 is 14.3 Å². The number of nitrogens with zero attached hydrogens (tertiary/aromatic N) is 2. The summed E-state index contributed by atoms with van der Waals surface area (Å²) in [6.07, 6.45) is 14.1. The summed E-state index contributed by atoms with van der Waals surface area (Å²) in [7, 11) is 4.03. The normalized spacial score (nSPS) is 24.1. The molecular formula is C25H49BN2O2. The predicted molar refractivity (Wildman–Crippen MR) is 130 cm³/mol. The van der Waals surface area contributed by atoms with Gasteiger partial charge in [0.2, 0.25) is 0 Å². The molecule has 1 aliphatic heterocycles. The molecule has 0 spiro atoms. The first-order chi connectivity index (χ1) is 14.1. The lowest BCUT2D eigenvalue weighted by atomic mass is 9.67. The van der Waals surface area contributed by atoms with E-state index in [2.05, 4.69) is 55.6 Å². The Hall–Kier alpha value is -0.545. The molecule has 0 amide bonds. The van der Waals surface area contributed by atoms with Crippen molar-refractivity contribution in [3.05, 3.63) is 0 Å². The van der Waals surface area contributed by atoms with E-state index in [1.54, 1.807) is 0 Å². The molecule has 2 atom stereocenters. The Labute approximate surface area is 187 Å². The van der Waals surface area contributed by atoms with Crippen LogP contribution in [0.1, 0.15) is 106 Å². The maximum atomic E-state index is 6.41. The van der Waals surface area contributed by atoms with Crippen molar-refractivity contribution in [1.29, 1.82) is 0 Å². The molecule has 0 unspecified atom stereocenters. The Kier molecular flexibility index (Phi) is 9.74. The fraction of sp³-hybridized carbons (Fsp3) is 0.960. The van der Waals surface area contributed by atoms with Crippen molar-refractivity contribution >= 4 is 12.8 Å². The molecule has 0 aromatic heterocycles. The Bertz CT molecular complexity index is 525. The first-order valence-corrected chi connectivity index (χ1v) is 12.7. The molecule has 1 saturated heterocycles. The van der Waals surface area contributed by atoms with E-state index in [4.69, 9.17) is 14.4 Å². The zero-order chi connectivity index (χ0) is 22.4. The highest BCUT2D eigenvalue weighted by atomic mass is 16.7. The van der Waals surface area contributed by atoms with Gasteiger partial charge in [-0.1, -0.05) is 65.2 Å². The average molecular weight is 420 g/mol. The molecule has 1 aliphatic carbocycles. The summed E-state index contributed by atoms with van der Waals surface area (Å²) in [5.41, 5.74) is 0.923. The smallest absolute Gasteiger partial charge is 0.403 e. The van der Waals surface area contributed by atoms with Crippen LogP contribution >= 0.6 is 0 Å². The van der Waals surface area contributed by atoms with E-state index in [1.165, 1.54) is 69.9 Å². The Balaban J connectivity index is 2.16. The minimum absolute atomic E-state index is 0.111. The summed E-state index contributed by atoms with van der Waals surface area (Å²) in [4.78, 5) is 0. The van der Waals surface area contributed by atoms with E-state index >= 15 is 0 Å². The zero-order valence-electron chi connectivity index (χ0n) is 21.3. The van der Waals surface area contributed by atoms with Crippen molar-refractivity contribution in [2.24, 2.45) is 22.9 Å². The number of rotatable bonds is 11. The van der Waals surface area contributed by atoms with E-state index < -0.39 is 0 Å². The largest absolute Gasteiger partial charge is 0.458 e. The van der Waals surface area contributed by atoms with E-state index in [1.807, 2.05) is 5.01 Å². The second-order valence-electron chi connectivity index (χ2n) is 11.0. The van der Waals surface area contributed by atoms with Crippen LogP contribution in [0.5, 0.6) is 0 Å². The maximum absolute atomic E-state index is 6.41. The molecule has 1 saturated carbocycles. The SMILES string of the molecule is CCCCCC[C@H](CB1OC(C)(C)C(C)(C)O1)[C@@H](C)/C(=N/N(C)C)C1CCCCC1.